The van der Waals surface area contributed by atoms with E-state index in [-0.39, 0.29) is 0 Å². The van der Waals surface area contributed by atoms with Crippen LogP contribution in [-0.4, -0.2) is 22.2 Å². The Morgan fingerprint density at radius 1 is 0.917 bits per heavy atom. The summed E-state index contributed by atoms with van der Waals surface area (Å²) in [7, 11) is 0. The van der Waals surface area contributed by atoms with Crippen molar-refractivity contribution < 1.29 is 19.8 Å². The van der Waals surface area contributed by atoms with Crippen LogP contribution in [0.15, 0.2) is 12.2 Å². The molecule has 0 bridgehead atoms. The van der Waals surface area contributed by atoms with Crippen LogP contribution in [-0.2, 0) is 9.59 Å². The predicted octanol–water partition coefficient (Wildman–Crippen LogP) is 5.28. The van der Waals surface area contributed by atoms with E-state index in [9.17, 15) is 19.8 Å². The monoisotopic (exact) mass is 338 g/mol. The van der Waals surface area contributed by atoms with Crippen LogP contribution in [0.3, 0.4) is 0 Å². The molecule has 4 nitrogen and oxygen atoms in total. The molecule has 1 aliphatic carbocycles. The molecule has 4 heteroatoms. The van der Waals surface area contributed by atoms with Gasteiger partial charge in [-0.15, -0.1) is 0 Å². The van der Waals surface area contributed by atoms with E-state index >= 15 is 0 Å². The fourth-order valence-corrected chi connectivity index (χ4v) is 4.20. The third-order valence-corrected chi connectivity index (χ3v) is 5.65. The van der Waals surface area contributed by atoms with E-state index < -0.39 is 22.8 Å². The highest BCUT2D eigenvalue weighted by atomic mass is 16.4. The Kier molecular flexibility index (Phi) is 7.98. The Balaban J connectivity index is 2.85. The lowest BCUT2D eigenvalue weighted by atomic mass is 9.54. The number of aliphatic carboxylic acids is 2. The second kappa shape index (κ2) is 9.24. The molecular weight excluding hydrogens is 304 g/mol. The van der Waals surface area contributed by atoms with Gasteiger partial charge in [-0.1, -0.05) is 71.4 Å². The Hall–Kier alpha value is -1.32. The molecule has 0 saturated carbocycles. The van der Waals surface area contributed by atoms with Crippen LogP contribution in [0.4, 0.5) is 0 Å². The van der Waals surface area contributed by atoms with E-state index in [1.54, 1.807) is 0 Å². The van der Waals surface area contributed by atoms with E-state index in [1.165, 1.54) is 6.42 Å². The van der Waals surface area contributed by atoms with Gasteiger partial charge in [0, 0.05) is 0 Å². The van der Waals surface area contributed by atoms with Crippen molar-refractivity contribution in [3.05, 3.63) is 12.2 Å². The molecule has 2 unspecified atom stereocenters. The van der Waals surface area contributed by atoms with Crippen LogP contribution < -0.4 is 0 Å². The van der Waals surface area contributed by atoms with E-state index in [1.807, 2.05) is 19.1 Å². The largest absolute Gasteiger partial charge is 0.481 e. The van der Waals surface area contributed by atoms with Crippen molar-refractivity contribution in [1.29, 1.82) is 0 Å². The van der Waals surface area contributed by atoms with Crippen LogP contribution in [0, 0.1) is 16.7 Å². The van der Waals surface area contributed by atoms with E-state index in [2.05, 4.69) is 13.8 Å². The molecule has 0 saturated heterocycles. The number of hydrogen-bond donors (Lipinski definition) is 2. The summed E-state index contributed by atoms with van der Waals surface area (Å²) in [6, 6.07) is 0. The zero-order valence-electron chi connectivity index (χ0n) is 15.5. The molecule has 0 spiro atoms. The summed E-state index contributed by atoms with van der Waals surface area (Å²) in [5, 5.41) is 19.9. The summed E-state index contributed by atoms with van der Waals surface area (Å²) in [6.07, 6.45) is 11.2. The zero-order chi connectivity index (χ0) is 18.2. The van der Waals surface area contributed by atoms with Crippen molar-refractivity contribution in [2.45, 2.75) is 85.0 Å². The first kappa shape index (κ1) is 20.7. The molecule has 0 amide bonds. The van der Waals surface area contributed by atoms with Crippen molar-refractivity contribution in [3.8, 4) is 0 Å². The standard InChI is InChI=1S/C20H34O4/c1-4-12-19(17(21)22)14-9-10-15-20(19,18(23)24)13-8-6-5-7-11-16(2)3/h9-10,16H,4-8,11-15H2,1-3H3,(H,21,22)(H,23,24). The van der Waals surface area contributed by atoms with Gasteiger partial charge in [-0.3, -0.25) is 9.59 Å². The Bertz CT molecular complexity index is 455. The summed E-state index contributed by atoms with van der Waals surface area (Å²) in [5.41, 5.74) is -2.33. The average Bonchev–Trinajstić information content (AvgIpc) is 2.51. The normalized spacial score (nSPS) is 26.7. The third kappa shape index (κ3) is 4.40. The maximum absolute atomic E-state index is 12.2. The molecule has 0 aromatic heterocycles. The summed E-state index contributed by atoms with van der Waals surface area (Å²) < 4.78 is 0. The second-order valence-corrected chi connectivity index (χ2v) is 7.75. The lowest BCUT2D eigenvalue weighted by Gasteiger charge is -2.46. The van der Waals surface area contributed by atoms with Gasteiger partial charge in [-0.25, -0.2) is 0 Å². The highest BCUT2D eigenvalue weighted by Gasteiger charge is 2.60. The molecule has 0 aromatic rings. The van der Waals surface area contributed by atoms with E-state index in [4.69, 9.17) is 0 Å². The van der Waals surface area contributed by atoms with Gasteiger partial charge in [-0.05, 0) is 31.6 Å². The maximum atomic E-state index is 12.2. The molecule has 138 valence electrons. The molecule has 0 fully saturated rings. The molecule has 2 N–H and O–H groups in total. The van der Waals surface area contributed by atoms with Crippen LogP contribution in [0.5, 0.6) is 0 Å². The predicted molar refractivity (Wildman–Crippen MR) is 96.0 cm³/mol. The number of carboxylic acids is 2. The van der Waals surface area contributed by atoms with Gasteiger partial charge in [-0.2, -0.15) is 0 Å². The van der Waals surface area contributed by atoms with Crippen LogP contribution in [0.2, 0.25) is 0 Å². The topological polar surface area (TPSA) is 74.6 Å². The van der Waals surface area contributed by atoms with Crippen molar-refractivity contribution in [1.82, 2.24) is 0 Å². The SMILES string of the molecule is CCCC1(C(=O)O)CC=CCC1(CCCCCCC(C)C)C(=O)O. The molecule has 1 rings (SSSR count). The average molecular weight is 338 g/mol. The van der Waals surface area contributed by atoms with Gasteiger partial charge in [0.2, 0.25) is 0 Å². The Labute approximate surface area is 146 Å². The van der Waals surface area contributed by atoms with Crippen LogP contribution >= 0.6 is 0 Å². The first-order chi connectivity index (χ1) is 11.3. The van der Waals surface area contributed by atoms with E-state index in [0.29, 0.717) is 38.0 Å². The van der Waals surface area contributed by atoms with Gasteiger partial charge < -0.3 is 10.2 Å². The molecule has 0 aromatic carbocycles. The molecular formula is C20H34O4. The highest BCUT2D eigenvalue weighted by molar-refractivity contribution is 5.87. The van der Waals surface area contributed by atoms with E-state index in [0.717, 1.165) is 25.7 Å². The molecule has 24 heavy (non-hydrogen) atoms. The van der Waals surface area contributed by atoms with Crippen molar-refractivity contribution >= 4 is 11.9 Å². The maximum Gasteiger partial charge on any atom is 0.311 e. The first-order valence-electron chi connectivity index (χ1n) is 9.44. The quantitative estimate of drug-likeness (QED) is 0.397. The molecule has 0 heterocycles. The third-order valence-electron chi connectivity index (χ3n) is 5.65. The van der Waals surface area contributed by atoms with Crippen LogP contribution in [0.25, 0.3) is 0 Å². The van der Waals surface area contributed by atoms with Gasteiger partial charge in [0.25, 0.3) is 0 Å². The van der Waals surface area contributed by atoms with Gasteiger partial charge in [0.15, 0.2) is 0 Å². The number of unbranched alkanes of at least 4 members (excludes halogenated alkanes) is 3. The minimum Gasteiger partial charge on any atom is -0.481 e. The fourth-order valence-electron chi connectivity index (χ4n) is 4.20. The summed E-state index contributed by atoms with van der Waals surface area (Å²) in [6.45, 7) is 6.35. The number of allylic oxidation sites excluding steroid dienone is 2. The van der Waals surface area contributed by atoms with Crippen molar-refractivity contribution in [2.75, 3.05) is 0 Å². The van der Waals surface area contributed by atoms with Gasteiger partial charge in [0.05, 0.1) is 10.8 Å². The Morgan fingerprint density at radius 2 is 1.42 bits per heavy atom. The molecule has 0 aliphatic heterocycles. The lowest BCUT2D eigenvalue weighted by molar-refractivity contribution is -0.177. The smallest absolute Gasteiger partial charge is 0.311 e. The minimum absolute atomic E-state index is 0.329. The summed E-state index contributed by atoms with van der Waals surface area (Å²) >= 11 is 0. The number of rotatable bonds is 11. The molecule has 1 aliphatic rings. The van der Waals surface area contributed by atoms with Crippen LogP contribution in [0.1, 0.15) is 85.0 Å². The summed E-state index contributed by atoms with van der Waals surface area (Å²) in [4.78, 5) is 24.3. The van der Waals surface area contributed by atoms with Crippen molar-refractivity contribution in [2.24, 2.45) is 16.7 Å². The fraction of sp³-hybridized carbons (Fsp3) is 0.800. The second-order valence-electron chi connectivity index (χ2n) is 7.75. The molecule has 0 radical (unpaired) electrons. The van der Waals surface area contributed by atoms with Crippen molar-refractivity contribution in [3.63, 3.8) is 0 Å². The Morgan fingerprint density at radius 3 is 1.88 bits per heavy atom. The first-order valence-corrected chi connectivity index (χ1v) is 9.44. The van der Waals surface area contributed by atoms with Gasteiger partial charge >= 0.3 is 11.9 Å². The molecule has 2 atom stereocenters. The lowest BCUT2D eigenvalue weighted by Crippen LogP contribution is -2.53. The number of hydrogen-bond acceptors (Lipinski definition) is 2. The summed E-state index contributed by atoms with van der Waals surface area (Å²) in [5.74, 6) is -1.19. The highest BCUT2D eigenvalue weighted by Crippen LogP contribution is 2.54. The number of carboxylic acid groups (broad SMARTS) is 2. The minimum atomic E-state index is -1.17. The van der Waals surface area contributed by atoms with Gasteiger partial charge in [0.1, 0.15) is 0 Å². The number of carbonyl (C=O) groups is 2. The zero-order valence-corrected chi connectivity index (χ0v) is 15.5.